The first kappa shape index (κ1) is 13.4. The van der Waals surface area contributed by atoms with Crippen LogP contribution in [0, 0.1) is 0 Å². The first-order chi connectivity index (χ1) is 8.13. The maximum Gasteiger partial charge on any atom is 0.0684 e. The number of thiophene rings is 1. The highest BCUT2D eigenvalue weighted by atomic mass is 79.9. The van der Waals surface area contributed by atoms with Crippen LogP contribution in [-0.2, 0) is 0 Å². The molecule has 0 spiro atoms. The summed E-state index contributed by atoms with van der Waals surface area (Å²) in [4.78, 5) is 1.11. The van der Waals surface area contributed by atoms with Crippen LogP contribution in [-0.4, -0.2) is 7.05 Å². The molecule has 0 aliphatic rings. The monoisotopic (exact) mass is 349 g/mol. The number of hydrogen-bond acceptors (Lipinski definition) is 2. The average Bonchev–Trinajstić information content (AvgIpc) is 2.71. The van der Waals surface area contributed by atoms with E-state index in [-0.39, 0.29) is 6.04 Å². The van der Waals surface area contributed by atoms with Gasteiger partial charge in [0.25, 0.3) is 0 Å². The van der Waals surface area contributed by atoms with Gasteiger partial charge in [0.2, 0.25) is 0 Å². The largest absolute Gasteiger partial charge is 0.309 e. The molecule has 2 rings (SSSR count). The Morgan fingerprint density at radius 3 is 2.53 bits per heavy atom. The predicted molar refractivity (Wildman–Crippen MR) is 79.4 cm³/mol. The molecule has 1 atom stereocenters. The summed E-state index contributed by atoms with van der Waals surface area (Å²) in [5.41, 5.74) is 1.13. The van der Waals surface area contributed by atoms with Gasteiger partial charge in [-0.1, -0.05) is 29.3 Å². The molecule has 0 aliphatic heterocycles. The highest BCUT2D eigenvalue weighted by Crippen LogP contribution is 2.34. The Balaban J connectivity index is 2.42. The van der Waals surface area contributed by atoms with Crippen LogP contribution in [0.1, 0.15) is 16.5 Å². The summed E-state index contributed by atoms with van der Waals surface area (Å²) in [7, 11) is 1.92. The predicted octanol–water partition coefficient (Wildman–Crippen LogP) is 5.13. The van der Waals surface area contributed by atoms with Gasteiger partial charge in [0.15, 0.2) is 0 Å². The molecule has 5 heteroatoms. The normalized spacial score (nSPS) is 12.7. The Morgan fingerprint density at radius 2 is 2.00 bits per heavy atom. The number of rotatable bonds is 3. The van der Waals surface area contributed by atoms with Crippen LogP contribution in [0.15, 0.2) is 34.1 Å². The van der Waals surface area contributed by atoms with Crippen molar-refractivity contribution < 1.29 is 0 Å². The van der Waals surface area contributed by atoms with E-state index in [1.807, 2.05) is 36.7 Å². The third-order valence-corrected chi connectivity index (χ3v) is 5.11. The third-order valence-electron chi connectivity index (χ3n) is 2.47. The smallest absolute Gasteiger partial charge is 0.0684 e. The lowest BCUT2D eigenvalue weighted by molar-refractivity contribution is 0.703. The molecule has 2 aromatic rings. The van der Waals surface area contributed by atoms with Crippen molar-refractivity contribution in [1.29, 1.82) is 0 Å². The van der Waals surface area contributed by atoms with Gasteiger partial charge < -0.3 is 5.32 Å². The summed E-state index contributed by atoms with van der Waals surface area (Å²) in [6.45, 7) is 0. The van der Waals surface area contributed by atoms with Gasteiger partial charge in [-0.25, -0.2) is 0 Å². The number of halogens is 3. The van der Waals surface area contributed by atoms with E-state index in [2.05, 4.69) is 21.2 Å². The Morgan fingerprint density at radius 1 is 1.24 bits per heavy atom. The molecule has 17 heavy (non-hydrogen) atoms. The lowest BCUT2D eigenvalue weighted by atomic mass is 10.1. The van der Waals surface area contributed by atoms with E-state index in [1.165, 1.54) is 0 Å². The second-order valence-corrected chi connectivity index (χ2v) is 6.14. The molecule has 0 bridgehead atoms. The van der Waals surface area contributed by atoms with E-state index in [4.69, 9.17) is 23.2 Å². The standard InChI is InChI=1S/C12H10BrCl2NS/c1-16-11(12-10(15)4-5-17-12)7-2-3-9(14)8(13)6-7/h2-6,11,16H,1H3. The minimum Gasteiger partial charge on any atom is -0.309 e. The van der Waals surface area contributed by atoms with E-state index in [0.717, 1.165) is 19.9 Å². The van der Waals surface area contributed by atoms with Crippen LogP contribution in [0.4, 0.5) is 0 Å². The summed E-state index contributed by atoms with van der Waals surface area (Å²) >= 11 is 17.2. The van der Waals surface area contributed by atoms with Crippen molar-refractivity contribution in [1.82, 2.24) is 5.32 Å². The SMILES string of the molecule is CNC(c1ccc(Cl)c(Br)c1)c1sccc1Cl. The van der Waals surface area contributed by atoms with Crippen molar-refractivity contribution in [2.75, 3.05) is 7.05 Å². The summed E-state index contributed by atoms with van der Waals surface area (Å²) < 4.78 is 0.893. The van der Waals surface area contributed by atoms with Crippen molar-refractivity contribution in [3.8, 4) is 0 Å². The van der Waals surface area contributed by atoms with Gasteiger partial charge in [-0.2, -0.15) is 0 Å². The van der Waals surface area contributed by atoms with E-state index in [9.17, 15) is 0 Å². The van der Waals surface area contributed by atoms with Crippen LogP contribution in [0.2, 0.25) is 10.0 Å². The van der Waals surface area contributed by atoms with Gasteiger partial charge in [-0.3, -0.25) is 0 Å². The number of nitrogens with one attached hydrogen (secondary N) is 1. The van der Waals surface area contributed by atoms with E-state index in [1.54, 1.807) is 11.3 Å². The summed E-state index contributed by atoms with van der Waals surface area (Å²) in [5.74, 6) is 0. The molecule has 0 saturated heterocycles. The molecule has 0 fully saturated rings. The Bertz CT molecular complexity index is 527. The van der Waals surface area contributed by atoms with Gasteiger partial charge in [0.05, 0.1) is 16.1 Å². The summed E-state index contributed by atoms with van der Waals surface area (Å²) in [5, 5.41) is 6.76. The Labute approximate surface area is 123 Å². The highest BCUT2D eigenvalue weighted by Gasteiger charge is 2.17. The molecule has 0 amide bonds. The summed E-state index contributed by atoms with van der Waals surface area (Å²) in [6.07, 6.45) is 0. The van der Waals surface area contributed by atoms with Crippen LogP contribution in [0.25, 0.3) is 0 Å². The molecule has 0 aliphatic carbocycles. The van der Waals surface area contributed by atoms with Gasteiger partial charge >= 0.3 is 0 Å². The zero-order valence-electron chi connectivity index (χ0n) is 9.01. The lowest BCUT2D eigenvalue weighted by Crippen LogP contribution is -2.16. The van der Waals surface area contributed by atoms with Crippen molar-refractivity contribution in [2.45, 2.75) is 6.04 Å². The van der Waals surface area contributed by atoms with Crippen LogP contribution in [0.5, 0.6) is 0 Å². The molecule has 1 N–H and O–H groups in total. The second-order valence-electron chi connectivity index (χ2n) is 3.53. The molecular weight excluding hydrogens is 341 g/mol. The van der Waals surface area contributed by atoms with Crippen LogP contribution < -0.4 is 5.32 Å². The number of benzene rings is 1. The summed E-state index contributed by atoms with van der Waals surface area (Å²) in [6, 6.07) is 7.91. The zero-order valence-corrected chi connectivity index (χ0v) is 12.9. The minimum absolute atomic E-state index is 0.0936. The zero-order chi connectivity index (χ0) is 12.4. The van der Waals surface area contributed by atoms with Crippen molar-refractivity contribution in [3.63, 3.8) is 0 Å². The fraction of sp³-hybridized carbons (Fsp3) is 0.167. The van der Waals surface area contributed by atoms with Crippen molar-refractivity contribution >= 4 is 50.5 Å². The van der Waals surface area contributed by atoms with Crippen molar-refractivity contribution in [2.24, 2.45) is 0 Å². The minimum atomic E-state index is 0.0936. The van der Waals surface area contributed by atoms with Crippen molar-refractivity contribution in [3.05, 3.63) is 54.6 Å². The molecule has 1 aromatic heterocycles. The topological polar surface area (TPSA) is 12.0 Å². The third kappa shape index (κ3) is 2.85. The van der Waals surface area contributed by atoms with Crippen LogP contribution in [0.3, 0.4) is 0 Å². The maximum absolute atomic E-state index is 6.17. The molecular formula is C12H10BrCl2NS. The fourth-order valence-corrected chi connectivity index (χ4v) is 3.47. The average molecular weight is 351 g/mol. The van der Waals surface area contributed by atoms with Gasteiger partial charge in [-0.05, 0) is 52.1 Å². The Kier molecular flexibility index (Phi) is 4.50. The second kappa shape index (κ2) is 5.72. The molecule has 1 aromatic carbocycles. The molecule has 1 nitrogen and oxygen atoms in total. The Hall–Kier alpha value is -0.0600. The van der Waals surface area contributed by atoms with E-state index < -0.39 is 0 Å². The van der Waals surface area contributed by atoms with E-state index >= 15 is 0 Å². The first-order valence-corrected chi connectivity index (χ1v) is 7.41. The quantitative estimate of drug-likeness (QED) is 0.809. The first-order valence-electron chi connectivity index (χ1n) is 4.98. The highest BCUT2D eigenvalue weighted by molar-refractivity contribution is 9.10. The fourth-order valence-electron chi connectivity index (χ4n) is 1.65. The molecule has 0 saturated carbocycles. The lowest BCUT2D eigenvalue weighted by Gasteiger charge is -2.16. The number of hydrogen-bond donors (Lipinski definition) is 1. The molecule has 90 valence electrons. The molecule has 1 heterocycles. The maximum atomic E-state index is 6.17. The molecule has 0 radical (unpaired) electrons. The van der Waals surface area contributed by atoms with Gasteiger partial charge in [0.1, 0.15) is 0 Å². The molecule has 1 unspecified atom stereocenters. The van der Waals surface area contributed by atoms with Crippen LogP contribution >= 0.6 is 50.5 Å². The van der Waals surface area contributed by atoms with E-state index in [0.29, 0.717) is 5.02 Å². The van der Waals surface area contributed by atoms with Gasteiger partial charge in [-0.15, -0.1) is 11.3 Å². The van der Waals surface area contributed by atoms with Gasteiger partial charge in [0, 0.05) is 9.35 Å².